The molecule has 2 rings (SSSR count). The van der Waals surface area contributed by atoms with Crippen LogP contribution < -0.4 is 5.73 Å². The number of hydrogen-bond donors (Lipinski definition) is 2. The van der Waals surface area contributed by atoms with Gasteiger partial charge >= 0.3 is 0 Å². The van der Waals surface area contributed by atoms with E-state index < -0.39 is 0 Å². The monoisotopic (exact) mass is 307 g/mol. The molecule has 2 N–H and O–H groups in total. The Morgan fingerprint density at radius 2 is 2.17 bits per heavy atom. The molecule has 4 heteroatoms. The van der Waals surface area contributed by atoms with Crippen LogP contribution >= 0.6 is 46.6 Å². The largest absolute Gasteiger partial charge is 0.398 e. The number of fused-ring (bicyclic) bond motifs is 1. The van der Waals surface area contributed by atoms with Crippen molar-refractivity contribution in [2.75, 3.05) is 5.73 Å². The van der Waals surface area contributed by atoms with Gasteiger partial charge in [0.25, 0.3) is 0 Å². The van der Waals surface area contributed by atoms with Gasteiger partial charge in [-0.3, -0.25) is 0 Å². The zero-order chi connectivity index (χ0) is 8.72. The quantitative estimate of drug-likeness (QED) is 0.435. The molecular weight excluding hydrogens is 301 g/mol. The van der Waals surface area contributed by atoms with Crippen LogP contribution in [-0.2, 0) is 0 Å². The fourth-order valence-electron chi connectivity index (χ4n) is 1.14. The highest BCUT2D eigenvalue weighted by Gasteiger charge is 2.05. The molecule has 12 heavy (non-hydrogen) atoms. The number of nitrogen functional groups attached to an aromatic ring is 1. The van der Waals surface area contributed by atoms with Crippen LogP contribution in [0, 0.1) is 3.57 Å². The first-order chi connectivity index (χ1) is 5.68. The van der Waals surface area contributed by atoms with Crippen LogP contribution in [0.4, 0.5) is 5.69 Å². The molecule has 0 bridgehead atoms. The van der Waals surface area contributed by atoms with E-state index in [1.165, 1.54) is 13.7 Å². The summed E-state index contributed by atoms with van der Waals surface area (Å²) in [6.07, 6.45) is 0. The number of thiophene rings is 1. The Labute approximate surface area is 93.5 Å². The van der Waals surface area contributed by atoms with Gasteiger partial charge in [-0.2, -0.15) is 0 Å². The molecular formula is C8H6INS2. The predicted octanol–water partition coefficient (Wildman–Crippen LogP) is 3.38. The van der Waals surface area contributed by atoms with E-state index in [4.69, 9.17) is 5.73 Å². The highest BCUT2D eigenvalue weighted by atomic mass is 127. The Kier molecular flexibility index (Phi) is 2.22. The predicted molar refractivity (Wildman–Crippen MR) is 66.2 cm³/mol. The molecule has 2 aromatic rings. The molecule has 0 aliphatic carbocycles. The van der Waals surface area contributed by atoms with E-state index in [2.05, 4.69) is 40.6 Å². The molecule has 0 radical (unpaired) electrons. The fourth-order valence-corrected chi connectivity index (χ4v) is 3.56. The van der Waals surface area contributed by atoms with Crippen LogP contribution in [-0.4, -0.2) is 0 Å². The van der Waals surface area contributed by atoms with Crippen molar-refractivity contribution in [3.05, 3.63) is 21.1 Å². The molecule has 0 fully saturated rings. The van der Waals surface area contributed by atoms with Crippen molar-refractivity contribution in [1.29, 1.82) is 0 Å². The van der Waals surface area contributed by atoms with Crippen LogP contribution in [0.25, 0.3) is 10.1 Å². The van der Waals surface area contributed by atoms with E-state index in [0.29, 0.717) is 0 Å². The highest BCUT2D eigenvalue weighted by molar-refractivity contribution is 14.1. The molecule has 0 unspecified atom stereocenters. The van der Waals surface area contributed by atoms with Crippen molar-refractivity contribution in [3.63, 3.8) is 0 Å². The Morgan fingerprint density at radius 1 is 1.42 bits per heavy atom. The average molecular weight is 307 g/mol. The first-order valence-electron chi connectivity index (χ1n) is 3.33. The molecule has 1 aromatic heterocycles. The number of nitrogens with two attached hydrogens (primary N) is 1. The van der Waals surface area contributed by atoms with Gasteiger partial charge < -0.3 is 5.73 Å². The molecule has 1 nitrogen and oxygen atoms in total. The van der Waals surface area contributed by atoms with Crippen LogP contribution in [0.15, 0.2) is 22.4 Å². The summed E-state index contributed by atoms with van der Waals surface area (Å²) in [5.74, 6) is 0. The smallest absolute Gasteiger partial charge is 0.0424 e. The maximum absolute atomic E-state index is 5.86. The first kappa shape index (κ1) is 8.65. The minimum atomic E-state index is 0.822. The van der Waals surface area contributed by atoms with Crippen LogP contribution in [0.1, 0.15) is 0 Å². The maximum atomic E-state index is 5.86. The molecule has 1 heterocycles. The van der Waals surface area contributed by atoms with Crippen molar-refractivity contribution >= 4 is 62.3 Å². The molecule has 0 aliphatic heterocycles. The zero-order valence-electron chi connectivity index (χ0n) is 6.04. The number of rotatable bonds is 0. The van der Waals surface area contributed by atoms with E-state index in [1.54, 1.807) is 11.3 Å². The third kappa shape index (κ3) is 1.31. The Bertz CT molecular complexity index is 436. The Hall–Kier alpha value is 0.0600. The second kappa shape index (κ2) is 3.08. The van der Waals surface area contributed by atoms with Gasteiger partial charge in [-0.05, 0) is 34.7 Å². The van der Waals surface area contributed by atoms with Gasteiger partial charge in [0, 0.05) is 29.6 Å². The number of halogens is 1. The Balaban J connectivity index is 2.93. The van der Waals surface area contributed by atoms with E-state index >= 15 is 0 Å². The molecule has 1 aromatic carbocycles. The summed E-state index contributed by atoms with van der Waals surface area (Å²) in [7, 11) is 0. The molecule has 0 spiro atoms. The number of thiol groups is 1. The second-order valence-electron chi connectivity index (χ2n) is 2.49. The van der Waals surface area contributed by atoms with Crippen LogP contribution in [0.2, 0.25) is 0 Å². The SMILES string of the molecule is Nc1cc(S)cc2scc(I)c12. The topological polar surface area (TPSA) is 26.0 Å². The van der Waals surface area contributed by atoms with Crippen molar-refractivity contribution in [1.82, 2.24) is 0 Å². The lowest BCUT2D eigenvalue weighted by molar-refractivity contribution is 1.54. The third-order valence-corrected chi connectivity index (χ3v) is 4.11. The average Bonchev–Trinajstić information content (AvgIpc) is 2.31. The van der Waals surface area contributed by atoms with Gasteiger partial charge in [0.1, 0.15) is 0 Å². The minimum absolute atomic E-state index is 0.822. The number of hydrogen-bond acceptors (Lipinski definition) is 3. The molecule has 62 valence electrons. The molecule has 0 amide bonds. The summed E-state index contributed by atoms with van der Waals surface area (Å²) in [4.78, 5) is 0.929. The summed E-state index contributed by atoms with van der Waals surface area (Å²) in [5, 5.41) is 3.27. The maximum Gasteiger partial charge on any atom is 0.0424 e. The van der Waals surface area contributed by atoms with Crippen molar-refractivity contribution < 1.29 is 0 Å². The van der Waals surface area contributed by atoms with Crippen molar-refractivity contribution in [2.24, 2.45) is 0 Å². The number of benzene rings is 1. The summed E-state index contributed by atoms with van der Waals surface area (Å²) in [6.45, 7) is 0. The summed E-state index contributed by atoms with van der Waals surface area (Å²) in [5.41, 5.74) is 6.68. The Morgan fingerprint density at radius 3 is 2.92 bits per heavy atom. The molecule has 0 atom stereocenters. The molecule has 0 saturated heterocycles. The van der Waals surface area contributed by atoms with Gasteiger partial charge in [0.05, 0.1) is 0 Å². The standard InChI is InChI=1S/C8H6INS2/c9-5-3-12-7-2-4(11)1-6(10)8(5)7/h1-3,11H,10H2. The van der Waals surface area contributed by atoms with E-state index in [1.807, 2.05) is 12.1 Å². The highest BCUT2D eigenvalue weighted by Crippen LogP contribution is 2.33. The summed E-state index contributed by atoms with van der Waals surface area (Å²) in [6, 6.07) is 3.93. The van der Waals surface area contributed by atoms with Crippen molar-refractivity contribution in [3.8, 4) is 0 Å². The van der Waals surface area contributed by atoms with Gasteiger partial charge in [0.2, 0.25) is 0 Å². The lowest BCUT2D eigenvalue weighted by Crippen LogP contribution is -1.85. The minimum Gasteiger partial charge on any atom is -0.398 e. The van der Waals surface area contributed by atoms with E-state index in [-0.39, 0.29) is 0 Å². The van der Waals surface area contributed by atoms with Gasteiger partial charge in [0.15, 0.2) is 0 Å². The van der Waals surface area contributed by atoms with Gasteiger partial charge in [-0.1, -0.05) is 0 Å². The number of anilines is 1. The van der Waals surface area contributed by atoms with Crippen LogP contribution in [0.3, 0.4) is 0 Å². The van der Waals surface area contributed by atoms with Crippen LogP contribution in [0.5, 0.6) is 0 Å². The van der Waals surface area contributed by atoms with E-state index in [0.717, 1.165) is 10.6 Å². The van der Waals surface area contributed by atoms with Gasteiger partial charge in [-0.25, -0.2) is 0 Å². The zero-order valence-corrected chi connectivity index (χ0v) is 9.91. The normalized spacial score (nSPS) is 10.8. The summed E-state index contributed by atoms with van der Waals surface area (Å²) < 4.78 is 2.43. The second-order valence-corrected chi connectivity index (χ2v) is 5.08. The van der Waals surface area contributed by atoms with Gasteiger partial charge in [-0.15, -0.1) is 24.0 Å². The fraction of sp³-hybridized carbons (Fsp3) is 0. The molecule has 0 saturated carbocycles. The lowest BCUT2D eigenvalue weighted by atomic mass is 10.2. The third-order valence-electron chi connectivity index (χ3n) is 1.65. The molecule has 0 aliphatic rings. The summed E-state index contributed by atoms with van der Waals surface area (Å²) >= 11 is 8.27. The first-order valence-corrected chi connectivity index (χ1v) is 5.74. The van der Waals surface area contributed by atoms with E-state index in [9.17, 15) is 0 Å². The van der Waals surface area contributed by atoms with Crippen molar-refractivity contribution in [2.45, 2.75) is 4.90 Å². The lowest BCUT2D eigenvalue weighted by Gasteiger charge is -1.98.